The van der Waals surface area contributed by atoms with Gasteiger partial charge in [0.05, 0.1) is 7.11 Å². The van der Waals surface area contributed by atoms with Crippen molar-refractivity contribution in [1.82, 2.24) is 5.32 Å². The second-order valence-electron chi connectivity index (χ2n) is 5.31. The van der Waals surface area contributed by atoms with Crippen molar-refractivity contribution in [3.8, 4) is 11.5 Å². The average molecular weight is 313 g/mol. The molecule has 0 aliphatic carbocycles. The largest absolute Gasteiger partial charge is 0.493 e. The van der Waals surface area contributed by atoms with Crippen molar-refractivity contribution >= 4 is 5.91 Å². The van der Waals surface area contributed by atoms with Gasteiger partial charge in [-0.1, -0.05) is 43.3 Å². The lowest BCUT2D eigenvalue weighted by molar-refractivity contribution is -0.128. The highest BCUT2D eigenvalue weighted by Crippen LogP contribution is 2.27. The lowest BCUT2D eigenvalue weighted by Crippen LogP contribution is -2.37. The summed E-state index contributed by atoms with van der Waals surface area (Å²) >= 11 is 0. The van der Waals surface area contributed by atoms with Crippen LogP contribution in [0.5, 0.6) is 11.5 Å². The molecular formula is C19H23NO3. The van der Waals surface area contributed by atoms with E-state index in [-0.39, 0.29) is 5.91 Å². The van der Waals surface area contributed by atoms with Crippen LogP contribution in [0, 0.1) is 6.92 Å². The van der Waals surface area contributed by atoms with E-state index in [1.807, 2.05) is 56.3 Å². The standard InChI is InChI=1S/C19H23NO3/c1-4-16(23-18-12-8-7-11-17(18)22-3)19(21)20-13-15-10-6-5-9-14(15)2/h5-12,16H,4,13H2,1-3H3,(H,20,21). The molecule has 0 aromatic heterocycles. The number of hydrogen-bond donors (Lipinski definition) is 1. The molecule has 122 valence electrons. The number of hydrogen-bond acceptors (Lipinski definition) is 3. The molecule has 0 heterocycles. The molecule has 1 amide bonds. The van der Waals surface area contributed by atoms with E-state index in [4.69, 9.17) is 9.47 Å². The predicted molar refractivity (Wildman–Crippen MR) is 90.7 cm³/mol. The van der Waals surface area contributed by atoms with Crippen molar-refractivity contribution in [2.45, 2.75) is 32.9 Å². The molecule has 0 spiro atoms. The summed E-state index contributed by atoms with van der Waals surface area (Å²) in [5.41, 5.74) is 2.26. The second-order valence-corrected chi connectivity index (χ2v) is 5.31. The molecule has 1 atom stereocenters. The smallest absolute Gasteiger partial charge is 0.261 e. The fraction of sp³-hybridized carbons (Fsp3) is 0.316. The van der Waals surface area contributed by atoms with Gasteiger partial charge in [0.2, 0.25) is 0 Å². The van der Waals surface area contributed by atoms with Gasteiger partial charge in [0.15, 0.2) is 17.6 Å². The van der Waals surface area contributed by atoms with Gasteiger partial charge in [-0.2, -0.15) is 0 Å². The molecule has 1 unspecified atom stereocenters. The number of methoxy groups -OCH3 is 1. The zero-order valence-electron chi connectivity index (χ0n) is 13.8. The van der Waals surface area contributed by atoms with Gasteiger partial charge in [-0.3, -0.25) is 4.79 Å². The van der Waals surface area contributed by atoms with E-state index in [0.717, 1.165) is 11.1 Å². The molecule has 0 saturated carbocycles. The van der Waals surface area contributed by atoms with Gasteiger partial charge in [0.1, 0.15) is 0 Å². The summed E-state index contributed by atoms with van der Waals surface area (Å²) in [6.07, 6.45) is 0.0350. The second kappa shape index (κ2) is 8.22. The Kier molecular flexibility index (Phi) is 6.03. The highest BCUT2D eigenvalue weighted by molar-refractivity contribution is 5.81. The Morgan fingerprint density at radius 1 is 1.09 bits per heavy atom. The molecule has 0 saturated heterocycles. The fourth-order valence-corrected chi connectivity index (χ4v) is 2.30. The zero-order valence-corrected chi connectivity index (χ0v) is 13.8. The monoisotopic (exact) mass is 313 g/mol. The molecule has 0 aliphatic rings. The molecule has 4 heteroatoms. The van der Waals surface area contributed by atoms with Crippen molar-refractivity contribution in [2.24, 2.45) is 0 Å². The first-order valence-corrected chi connectivity index (χ1v) is 7.77. The van der Waals surface area contributed by atoms with Crippen LogP contribution < -0.4 is 14.8 Å². The lowest BCUT2D eigenvalue weighted by Gasteiger charge is -2.19. The summed E-state index contributed by atoms with van der Waals surface area (Å²) in [5.74, 6) is 1.08. The van der Waals surface area contributed by atoms with Crippen LogP contribution in [0.2, 0.25) is 0 Å². The van der Waals surface area contributed by atoms with Crippen molar-refractivity contribution in [3.63, 3.8) is 0 Å². The number of carbonyl (C=O) groups excluding carboxylic acids is 1. The topological polar surface area (TPSA) is 47.6 Å². The normalized spacial score (nSPS) is 11.6. The van der Waals surface area contributed by atoms with Gasteiger partial charge in [-0.05, 0) is 36.6 Å². The van der Waals surface area contributed by atoms with Crippen LogP contribution in [0.15, 0.2) is 48.5 Å². The number of nitrogens with one attached hydrogen (secondary N) is 1. The molecule has 0 bridgehead atoms. The van der Waals surface area contributed by atoms with E-state index >= 15 is 0 Å². The summed E-state index contributed by atoms with van der Waals surface area (Å²) in [7, 11) is 1.58. The Labute approximate surface area is 137 Å². The van der Waals surface area contributed by atoms with Gasteiger partial charge < -0.3 is 14.8 Å². The van der Waals surface area contributed by atoms with Crippen LogP contribution in [0.4, 0.5) is 0 Å². The molecule has 2 rings (SSSR count). The summed E-state index contributed by atoms with van der Waals surface area (Å²) in [4.78, 5) is 12.4. The number of carbonyl (C=O) groups is 1. The number of ether oxygens (including phenoxy) is 2. The minimum absolute atomic E-state index is 0.123. The molecule has 1 N–H and O–H groups in total. The molecule has 0 radical (unpaired) electrons. The van der Waals surface area contributed by atoms with Crippen LogP contribution in [0.1, 0.15) is 24.5 Å². The number of amides is 1. The van der Waals surface area contributed by atoms with Gasteiger partial charge in [-0.25, -0.2) is 0 Å². The zero-order chi connectivity index (χ0) is 16.7. The van der Waals surface area contributed by atoms with Crippen molar-refractivity contribution in [1.29, 1.82) is 0 Å². The Hall–Kier alpha value is -2.49. The third-order valence-electron chi connectivity index (χ3n) is 3.72. The Morgan fingerprint density at radius 3 is 2.39 bits per heavy atom. The Bertz CT molecular complexity index is 655. The molecule has 0 aliphatic heterocycles. The predicted octanol–water partition coefficient (Wildman–Crippen LogP) is 3.48. The molecule has 0 fully saturated rings. The maximum Gasteiger partial charge on any atom is 0.261 e. The highest BCUT2D eigenvalue weighted by atomic mass is 16.5. The van der Waals surface area contributed by atoms with E-state index in [1.54, 1.807) is 13.2 Å². The number of aryl methyl sites for hydroxylation is 1. The van der Waals surface area contributed by atoms with Gasteiger partial charge in [0.25, 0.3) is 5.91 Å². The van der Waals surface area contributed by atoms with E-state index in [1.165, 1.54) is 0 Å². The summed E-state index contributed by atoms with van der Waals surface area (Å²) in [6, 6.07) is 15.3. The van der Waals surface area contributed by atoms with Crippen LogP contribution in [-0.4, -0.2) is 19.1 Å². The fourth-order valence-electron chi connectivity index (χ4n) is 2.30. The van der Waals surface area contributed by atoms with Gasteiger partial charge in [-0.15, -0.1) is 0 Å². The molecular weight excluding hydrogens is 290 g/mol. The van der Waals surface area contributed by atoms with Gasteiger partial charge in [0, 0.05) is 6.54 Å². The van der Waals surface area contributed by atoms with E-state index in [9.17, 15) is 4.79 Å². The summed E-state index contributed by atoms with van der Waals surface area (Å²) in [6.45, 7) is 4.45. The van der Waals surface area contributed by atoms with E-state index < -0.39 is 6.10 Å². The van der Waals surface area contributed by atoms with Crippen molar-refractivity contribution in [2.75, 3.05) is 7.11 Å². The first-order chi connectivity index (χ1) is 11.2. The van der Waals surface area contributed by atoms with Crippen LogP contribution in [-0.2, 0) is 11.3 Å². The molecule has 23 heavy (non-hydrogen) atoms. The first-order valence-electron chi connectivity index (χ1n) is 7.77. The maximum atomic E-state index is 12.4. The van der Waals surface area contributed by atoms with E-state index in [2.05, 4.69) is 5.32 Å². The highest BCUT2D eigenvalue weighted by Gasteiger charge is 2.19. The maximum absolute atomic E-state index is 12.4. The molecule has 2 aromatic rings. The summed E-state index contributed by atoms with van der Waals surface area (Å²) in [5, 5.41) is 2.94. The van der Waals surface area contributed by atoms with Crippen molar-refractivity contribution in [3.05, 3.63) is 59.7 Å². The molecule has 4 nitrogen and oxygen atoms in total. The average Bonchev–Trinajstić information content (AvgIpc) is 2.59. The summed E-state index contributed by atoms with van der Waals surface area (Å²) < 4.78 is 11.1. The van der Waals surface area contributed by atoms with E-state index in [0.29, 0.717) is 24.5 Å². The van der Waals surface area contributed by atoms with Crippen LogP contribution >= 0.6 is 0 Å². The number of rotatable bonds is 7. The van der Waals surface area contributed by atoms with Crippen LogP contribution in [0.25, 0.3) is 0 Å². The minimum atomic E-state index is -0.546. The SMILES string of the molecule is CCC(Oc1ccccc1OC)C(=O)NCc1ccccc1C. The minimum Gasteiger partial charge on any atom is -0.493 e. The Balaban J connectivity index is 2.00. The quantitative estimate of drug-likeness (QED) is 0.851. The third-order valence-corrected chi connectivity index (χ3v) is 3.72. The lowest BCUT2D eigenvalue weighted by atomic mass is 10.1. The number of benzene rings is 2. The van der Waals surface area contributed by atoms with Crippen LogP contribution in [0.3, 0.4) is 0 Å². The van der Waals surface area contributed by atoms with Gasteiger partial charge >= 0.3 is 0 Å². The first kappa shape index (κ1) is 16.9. The third kappa shape index (κ3) is 4.49. The Morgan fingerprint density at radius 2 is 1.74 bits per heavy atom. The van der Waals surface area contributed by atoms with Crippen molar-refractivity contribution < 1.29 is 14.3 Å². The molecule has 2 aromatic carbocycles. The number of para-hydroxylation sites is 2.